The fourth-order valence-electron chi connectivity index (χ4n) is 2.22. The first-order chi connectivity index (χ1) is 6.17. The van der Waals surface area contributed by atoms with Crippen LogP contribution in [0.1, 0.15) is 46.0 Å². The van der Waals surface area contributed by atoms with Gasteiger partial charge in [-0.3, -0.25) is 0 Å². The highest BCUT2D eigenvalue weighted by molar-refractivity contribution is 4.89. The van der Waals surface area contributed by atoms with Gasteiger partial charge in [-0.25, -0.2) is 0 Å². The van der Waals surface area contributed by atoms with Crippen molar-refractivity contribution in [1.29, 1.82) is 0 Å². The van der Waals surface area contributed by atoms with Crippen molar-refractivity contribution in [2.75, 3.05) is 13.2 Å². The third-order valence-electron chi connectivity index (χ3n) is 3.23. The van der Waals surface area contributed by atoms with Gasteiger partial charge in [-0.05, 0) is 37.6 Å². The second-order valence-corrected chi connectivity index (χ2v) is 4.82. The summed E-state index contributed by atoms with van der Waals surface area (Å²) in [5, 5.41) is 12.2. The molecule has 13 heavy (non-hydrogen) atoms. The van der Waals surface area contributed by atoms with Crippen LogP contribution in [0.3, 0.4) is 0 Å². The van der Waals surface area contributed by atoms with E-state index in [-0.39, 0.29) is 0 Å². The lowest BCUT2D eigenvalue weighted by molar-refractivity contribution is 0.265. The Balaban J connectivity index is 2.14. The van der Waals surface area contributed by atoms with Crippen LogP contribution in [0.5, 0.6) is 0 Å². The van der Waals surface area contributed by atoms with Crippen LogP contribution in [0.4, 0.5) is 0 Å². The summed E-state index contributed by atoms with van der Waals surface area (Å²) in [6.45, 7) is 6.10. The molecule has 0 spiro atoms. The largest absolute Gasteiger partial charge is 0.396 e. The van der Waals surface area contributed by atoms with E-state index < -0.39 is 0 Å². The number of hydrogen-bond donors (Lipinski definition) is 2. The fraction of sp³-hybridized carbons (Fsp3) is 1.00. The minimum absolute atomic E-state index is 0.329. The Bertz CT molecular complexity index is 145. The lowest BCUT2D eigenvalue weighted by Gasteiger charge is -2.27. The fourth-order valence-corrected chi connectivity index (χ4v) is 2.22. The third-order valence-corrected chi connectivity index (χ3v) is 3.23. The molecule has 0 amide bonds. The minimum atomic E-state index is 0.329. The van der Waals surface area contributed by atoms with Gasteiger partial charge in [-0.2, -0.15) is 0 Å². The molecule has 2 heteroatoms. The lowest BCUT2D eigenvalue weighted by Crippen LogP contribution is -2.38. The monoisotopic (exact) mass is 185 g/mol. The number of unbranched alkanes of at least 4 members (excludes halogenated alkanes) is 1. The average molecular weight is 185 g/mol. The van der Waals surface area contributed by atoms with E-state index in [1.165, 1.54) is 19.3 Å². The SMILES string of the molecule is CC1(C)CCCC1NCCCCO. The van der Waals surface area contributed by atoms with Gasteiger partial charge in [0.2, 0.25) is 0 Å². The highest BCUT2D eigenvalue weighted by atomic mass is 16.2. The number of aliphatic hydroxyl groups excluding tert-OH is 1. The predicted octanol–water partition coefficient (Wildman–Crippen LogP) is 1.93. The van der Waals surface area contributed by atoms with Gasteiger partial charge < -0.3 is 10.4 Å². The van der Waals surface area contributed by atoms with E-state index in [4.69, 9.17) is 5.11 Å². The zero-order valence-corrected chi connectivity index (χ0v) is 8.97. The summed E-state index contributed by atoms with van der Waals surface area (Å²) in [5.41, 5.74) is 0.485. The molecule has 0 aromatic carbocycles. The first kappa shape index (κ1) is 11.0. The van der Waals surface area contributed by atoms with E-state index in [0.29, 0.717) is 18.1 Å². The van der Waals surface area contributed by atoms with Gasteiger partial charge in [-0.15, -0.1) is 0 Å². The Labute approximate surface area is 81.7 Å². The van der Waals surface area contributed by atoms with Crippen molar-refractivity contribution in [2.24, 2.45) is 5.41 Å². The highest BCUT2D eigenvalue weighted by Crippen LogP contribution is 2.36. The Morgan fingerprint density at radius 1 is 1.38 bits per heavy atom. The molecule has 1 fully saturated rings. The maximum absolute atomic E-state index is 8.63. The van der Waals surface area contributed by atoms with Gasteiger partial charge in [0, 0.05) is 12.6 Å². The van der Waals surface area contributed by atoms with Gasteiger partial charge in [0.15, 0.2) is 0 Å². The topological polar surface area (TPSA) is 32.3 Å². The normalized spacial score (nSPS) is 26.5. The second kappa shape index (κ2) is 4.97. The summed E-state index contributed by atoms with van der Waals surface area (Å²) < 4.78 is 0. The van der Waals surface area contributed by atoms with E-state index in [9.17, 15) is 0 Å². The van der Waals surface area contributed by atoms with Gasteiger partial charge in [0.25, 0.3) is 0 Å². The number of rotatable bonds is 5. The van der Waals surface area contributed by atoms with Crippen LogP contribution >= 0.6 is 0 Å². The number of nitrogens with one attached hydrogen (secondary N) is 1. The smallest absolute Gasteiger partial charge is 0.0431 e. The summed E-state index contributed by atoms with van der Waals surface area (Å²) in [6.07, 6.45) is 6.07. The zero-order valence-electron chi connectivity index (χ0n) is 8.97. The first-order valence-electron chi connectivity index (χ1n) is 5.51. The van der Waals surface area contributed by atoms with Crippen LogP contribution in [0.2, 0.25) is 0 Å². The number of aliphatic hydroxyl groups is 1. The first-order valence-corrected chi connectivity index (χ1v) is 5.51. The van der Waals surface area contributed by atoms with Gasteiger partial charge in [0.05, 0.1) is 0 Å². The Kier molecular flexibility index (Phi) is 4.20. The van der Waals surface area contributed by atoms with Crippen molar-refractivity contribution in [3.8, 4) is 0 Å². The summed E-state index contributed by atoms with van der Waals surface area (Å²) in [6, 6.07) is 0.700. The van der Waals surface area contributed by atoms with E-state index in [0.717, 1.165) is 19.4 Å². The molecule has 1 aliphatic carbocycles. The van der Waals surface area contributed by atoms with Crippen LogP contribution < -0.4 is 5.32 Å². The van der Waals surface area contributed by atoms with E-state index >= 15 is 0 Å². The molecule has 1 saturated carbocycles. The molecule has 2 N–H and O–H groups in total. The van der Waals surface area contributed by atoms with Crippen molar-refractivity contribution in [1.82, 2.24) is 5.32 Å². The van der Waals surface area contributed by atoms with Crippen molar-refractivity contribution < 1.29 is 5.11 Å². The molecule has 0 heterocycles. The van der Waals surface area contributed by atoms with E-state index in [1.54, 1.807) is 0 Å². The van der Waals surface area contributed by atoms with Crippen LogP contribution in [0.25, 0.3) is 0 Å². The van der Waals surface area contributed by atoms with Crippen molar-refractivity contribution in [3.05, 3.63) is 0 Å². The van der Waals surface area contributed by atoms with Crippen LogP contribution in [0.15, 0.2) is 0 Å². The minimum Gasteiger partial charge on any atom is -0.396 e. The number of hydrogen-bond acceptors (Lipinski definition) is 2. The molecule has 0 aromatic heterocycles. The molecule has 0 bridgehead atoms. The van der Waals surface area contributed by atoms with E-state index in [1.807, 2.05) is 0 Å². The average Bonchev–Trinajstić information content (AvgIpc) is 2.40. The molecule has 0 saturated heterocycles. The Morgan fingerprint density at radius 3 is 2.69 bits per heavy atom. The standard InChI is InChI=1S/C11H23NO/c1-11(2)7-5-6-10(11)12-8-3-4-9-13/h10,12-13H,3-9H2,1-2H3. The Morgan fingerprint density at radius 2 is 2.15 bits per heavy atom. The molecule has 1 aliphatic rings. The third kappa shape index (κ3) is 3.28. The summed E-state index contributed by atoms with van der Waals surface area (Å²) >= 11 is 0. The lowest BCUT2D eigenvalue weighted by atomic mass is 9.87. The highest BCUT2D eigenvalue weighted by Gasteiger charge is 2.33. The van der Waals surface area contributed by atoms with Crippen LogP contribution in [0, 0.1) is 5.41 Å². The zero-order chi connectivity index (χ0) is 9.73. The van der Waals surface area contributed by atoms with Crippen LogP contribution in [-0.2, 0) is 0 Å². The molecular weight excluding hydrogens is 162 g/mol. The van der Waals surface area contributed by atoms with Gasteiger partial charge in [-0.1, -0.05) is 20.3 Å². The molecule has 1 rings (SSSR count). The van der Waals surface area contributed by atoms with Crippen molar-refractivity contribution >= 4 is 0 Å². The quantitative estimate of drug-likeness (QED) is 0.641. The second-order valence-electron chi connectivity index (χ2n) is 4.82. The summed E-state index contributed by atoms with van der Waals surface area (Å²) in [4.78, 5) is 0. The molecule has 1 unspecified atom stereocenters. The van der Waals surface area contributed by atoms with E-state index in [2.05, 4.69) is 19.2 Å². The molecule has 1 atom stereocenters. The van der Waals surface area contributed by atoms with Gasteiger partial charge >= 0.3 is 0 Å². The maximum atomic E-state index is 8.63. The molecule has 0 aliphatic heterocycles. The summed E-state index contributed by atoms with van der Waals surface area (Å²) in [7, 11) is 0. The summed E-state index contributed by atoms with van der Waals surface area (Å²) in [5.74, 6) is 0. The molecule has 2 nitrogen and oxygen atoms in total. The van der Waals surface area contributed by atoms with Gasteiger partial charge in [0.1, 0.15) is 0 Å². The molecule has 0 radical (unpaired) electrons. The van der Waals surface area contributed by atoms with Crippen molar-refractivity contribution in [2.45, 2.75) is 52.0 Å². The van der Waals surface area contributed by atoms with Crippen LogP contribution in [-0.4, -0.2) is 24.3 Å². The van der Waals surface area contributed by atoms with Crippen molar-refractivity contribution in [3.63, 3.8) is 0 Å². The predicted molar refractivity (Wildman–Crippen MR) is 55.7 cm³/mol. The Hall–Kier alpha value is -0.0800. The molecule has 78 valence electrons. The molecule has 0 aromatic rings. The molecular formula is C11H23NO. The maximum Gasteiger partial charge on any atom is 0.0431 e.